The van der Waals surface area contributed by atoms with Gasteiger partial charge < -0.3 is 11.5 Å². The smallest absolute Gasteiger partial charge is 0.214 e. The van der Waals surface area contributed by atoms with Crippen LogP contribution in [-0.2, 0) is 4.79 Å². The number of hydrogen-bond acceptors (Lipinski definition) is 2. The van der Waals surface area contributed by atoms with Crippen LogP contribution in [0.5, 0.6) is 0 Å². The first-order chi connectivity index (χ1) is 5.00. The molecule has 11 heavy (non-hydrogen) atoms. The highest BCUT2D eigenvalue weighted by atomic mass is 16.1. The quantitative estimate of drug-likeness (QED) is 0.643. The Kier molecular flexibility index (Phi) is 11.2. The van der Waals surface area contributed by atoms with Crippen LogP contribution in [0.15, 0.2) is 0 Å². The second-order valence-electron chi connectivity index (χ2n) is 2.94. The Labute approximate surface area is 69.1 Å². The monoisotopic (exact) mass is 160 g/mol. The molecule has 0 heterocycles. The molecule has 0 unspecified atom stereocenters. The van der Waals surface area contributed by atoms with Crippen LogP contribution < -0.4 is 11.5 Å². The predicted molar refractivity (Wildman–Crippen MR) is 48.0 cm³/mol. The molecule has 3 nitrogen and oxygen atoms in total. The molecule has 0 radical (unpaired) electrons. The van der Waals surface area contributed by atoms with E-state index in [1.165, 1.54) is 19.8 Å². The second kappa shape index (κ2) is 9.43. The standard InChI is InChI=1S/C6H15N.C2H5NO/c1-6(2)4-3-5-7;1-2(3)4/h6H,3-5,7H2,1-2H3;1H3,(H2,3,4). The molecule has 1 amide bonds. The van der Waals surface area contributed by atoms with Gasteiger partial charge in [-0.15, -0.1) is 0 Å². The first kappa shape index (κ1) is 13.1. The van der Waals surface area contributed by atoms with Crippen molar-refractivity contribution in [2.24, 2.45) is 17.4 Å². The molecule has 0 aromatic carbocycles. The highest BCUT2D eigenvalue weighted by molar-refractivity contribution is 5.70. The molecule has 0 aromatic rings. The Morgan fingerprint density at radius 2 is 1.82 bits per heavy atom. The number of hydrogen-bond donors (Lipinski definition) is 2. The molecule has 0 bridgehead atoms. The molecule has 4 N–H and O–H groups in total. The highest BCUT2D eigenvalue weighted by Crippen LogP contribution is 2.00. The minimum absolute atomic E-state index is 0.333. The summed E-state index contributed by atoms with van der Waals surface area (Å²) in [5, 5.41) is 0. The third-order valence-electron chi connectivity index (χ3n) is 0.986. The molecule has 0 aromatic heterocycles. The molecule has 0 rings (SSSR count). The first-order valence-electron chi connectivity index (χ1n) is 3.96. The van der Waals surface area contributed by atoms with Crippen molar-refractivity contribution in [1.82, 2.24) is 0 Å². The van der Waals surface area contributed by atoms with E-state index in [0.29, 0.717) is 0 Å². The van der Waals surface area contributed by atoms with E-state index in [2.05, 4.69) is 19.6 Å². The molecule has 0 aliphatic carbocycles. The molecule has 0 fully saturated rings. The van der Waals surface area contributed by atoms with Crippen LogP contribution in [0, 0.1) is 5.92 Å². The number of nitrogens with two attached hydrogens (primary N) is 2. The van der Waals surface area contributed by atoms with E-state index in [9.17, 15) is 4.79 Å². The van der Waals surface area contributed by atoms with Crippen molar-refractivity contribution in [3.8, 4) is 0 Å². The highest BCUT2D eigenvalue weighted by Gasteiger charge is 1.88. The Bertz CT molecular complexity index is 88.1. The van der Waals surface area contributed by atoms with Crippen molar-refractivity contribution in [3.05, 3.63) is 0 Å². The Morgan fingerprint density at radius 1 is 1.45 bits per heavy atom. The normalized spacial score (nSPS) is 8.82. The molecule has 0 aliphatic heterocycles. The molecule has 0 aliphatic rings. The van der Waals surface area contributed by atoms with E-state index in [0.717, 1.165) is 12.5 Å². The van der Waals surface area contributed by atoms with E-state index in [1.807, 2.05) is 0 Å². The maximum Gasteiger partial charge on any atom is 0.214 e. The van der Waals surface area contributed by atoms with Gasteiger partial charge in [-0.25, -0.2) is 0 Å². The summed E-state index contributed by atoms with van der Waals surface area (Å²) < 4.78 is 0. The van der Waals surface area contributed by atoms with Gasteiger partial charge in [-0.1, -0.05) is 13.8 Å². The third-order valence-corrected chi connectivity index (χ3v) is 0.986. The number of carbonyl (C=O) groups excluding carboxylic acids is 1. The maximum absolute atomic E-state index is 9.22. The summed E-state index contributed by atoms with van der Waals surface area (Å²) >= 11 is 0. The van der Waals surface area contributed by atoms with Crippen LogP contribution in [-0.4, -0.2) is 12.5 Å². The van der Waals surface area contributed by atoms with E-state index < -0.39 is 0 Å². The van der Waals surface area contributed by atoms with E-state index in [1.54, 1.807) is 0 Å². The summed E-state index contributed by atoms with van der Waals surface area (Å²) in [4.78, 5) is 9.22. The number of primary amides is 1. The zero-order chi connectivity index (χ0) is 9.28. The fourth-order valence-electron chi connectivity index (χ4n) is 0.526. The SMILES string of the molecule is CC(C)CCCN.CC(N)=O. The van der Waals surface area contributed by atoms with Crippen molar-refractivity contribution in [2.75, 3.05) is 6.54 Å². The van der Waals surface area contributed by atoms with Gasteiger partial charge in [0.05, 0.1) is 0 Å². The lowest BCUT2D eigenvalue weighted by Crippen LogP contribution is -2.01. The van der Waals surface area contributed by atoms with Crippen molar-refractivity contribution in [1.29, 1.82) is 0 Å². The summed E-state index contributed by atoms with van der Waals surface area (Å²) in [5.74, 6) is 0.489. The average molecular weight is 160 g/mol. The fourth-order valence-corrected chi connectivity index (χ4v) is 0.526. The van der Waals surface area contributed by atoms with Crippen molar-refractivity contribution in [3.63, 3.8) is 0 Å². The van der Waals surface area contributed by atoms with E-state index >= 15 is 0 Å². The Balaban J connectivity index is 0. The molecule has 68 valence electrons. The van der Waals surface area contributed by atoms with E-state index in [4.69, 9.17) is 5.73 Å². The van der Waals surface area contributed by atoms with Crippen LogP contribution in [0.3, 0.4) is 0 Å². The fraction of sp³-hybridized carbons (Fsp3) is 0.875. The molecule has 0 spiro atoms. The van der Waals surface area contributed by atoms with Crippen molar-refractivity contribution in [2.45, 2.75) is 33.6 Å². The largest absolute Gasteiger partial charge is 0.370 e. The lowest BCUT2D eigenvalue weighted by Gasteiger charge is -1.98. The summed E-state index contributed by atoms with van der Waals surface area (Å²) in [6.45, 7) is 6.59. The second-order valence-corrected chi connectivity index (χ2v) is 2.94. The predicted octanol–water partition coefficient (Wildman–Crippen LogP) is 0.873. The molecule has 3 heteroatoms. The molecule has 0 saturated heterocycles. The van der Waals surface area contributed by atoms with Crippen LogP contribution in [0.25, 0.3) is 0 Å². The van der Waals surface area contributed by atoms with Gasteiger partial charge in [-0.2, -0.15) is 0 Å². The summed E-state index contributed by atoms with van der Waals surface area (Å²) in [6, 6.07) is 0. The topological polar surface area (TPSA) is 69.1 Å². The van der Waals surface area contributed by atoms with Gasteiger partial charge in [0.2, 0.25) is 5.91 Å². The van der Waals surface area contributed by atoms with Gasteiger partial charge in [0.1, 0.15) is 0 Å². The summed E-state index contributed by atoms with van der Waals surface area (Å²) in [7, 11) is 0. The van der Waals surface area contributed by atoms with Crippen LogP contribution in [0.2, 0.25) is 0 Å². The van der Waals surface area contributed by atoms with Gasteiger partial charge in [0.15, 0.2) is 0 Å². The van der Waals surface area contributed by atoms with Crippen LogP contribution in [0.1, 0.15) is 33.6 Å². The first-order valence-corrected chi connectivity index (χ1v) is 3.96. The van der Waals surface area contributed by atoms with Crippen LogP contribution >= 0.6 is 0 Å². The summed E-state index contributed by atoms with van der Waals surface area (Å²) in [5.41, 5.74) is 9.75. The number of carbonyl (C=O) groups is 1. The number of amides is 1. The van der Waals surface area contributed by atoms with E-state index in [-0.39, 0.29) is 5.91 Å². The zero-order valence-electron chi connectivity index (χ0n) is 7.76. The minimum Gasteiger partial charge on any atom is -0.370 e. The number of rotatable bonds is 3. The molecule has 0 atom stereocenters. The van der Waals surface area contributed by atoms with Gasteiger partial charge in [0, 0.05) is 6.92 Å². The Hall–Kier alpha value is -0.570. The van der Waals surface area contributed by atoms with Gasteiger partial charge in [-0.3, -0.25) is 4.79 Å². The molecular weight excluding hydrogens is 140 g/mol. The summed E-state index contributed by atoms with van der Waals surface area (Å²) in [6.07, 6.45) is 2.45. The molecule has 0 saturated carbocycles. The third kappa shape index (κ3) is 44.2. The lowest BCUT2D eigenvalue weighted by molar-refractivity contribution is -0.115. The lowest BCUT2D eigenvalue weighted by atomic mass is 10.1. The van der Waals surface area contributed by atoms with Crippen molar-refractivity contribution >= 4 is 5.91 Å². The van der Waals surface area contributed by atoms with Gasteiger partial charge in [0.25, 0.3) is 0 Å². The molecular formula is C8H20N2O. The Morgan fingerprint density at radius 3 is 1.91 bits per heavy atom. The average Bonchev–Trinajstić information content (AvgIpc) is 1.82. The van der Waals surface area contributed by atoms with Gasteiger partial charge >= 0.3 is 0 Å². The minimum atomic E-state index is -0.333. The van der Waals surface area contributed by atoms with Gasteiger partial charge in [-0.05, 0) is 25.3 Å². The maximum atomic E-state index is 9.22. The van der Waals surface area contributed by atoms with Crippen molar-refractivity contribution < 1.29 is 4.79 Å². The zero-order valence-corrected chi connectivity index (χ0v) is 7.76. The van der Waals surface area contributed by atoms with Crippen LogP contribution in [0.4, 0.5) is 0 Å².